The molecule has 41 heavy (non-hydrogen) atoms. The topological polar surface area (TPSA) is 112 Å². The van der Waals surface area contributed by atoms with Crippen LogP contribution in [0.5, 0.6) is 5.75 Å². The number of aromatic nitrogens is 3. The molecule has 1 unspecified atom stereocenters. The second kappa shape index (κ2) is 12.6. The lowest BCUT2D eigenvalue weighted by atomic mass is 9.70. The number of aliphatic hydroxyl groups is 1. The standard InChI is InChI=1S/C29H41N5O6S/c1-19-20(2)40-16-29(19)5-8-33(9-6-29)27-23(13-35)32-25(11-31-27)41-24-4-7-30-28-26(24)39-15-22-10-21(12-34(22)28)14-37-18-38-17-36-3/h4,7,11,19-22,35H,5-6,8-10,12-18H2,1-3H3/t19-,20+,21?,22+/m1/s1. The van der Waals surface area contributed by atoms with Crippen LogP contribution in [0.15, 0.2) is 28.4 Å². The van der Waals surface area contributed by atoms with Gasteiger partial charge in [-0.25, -0.2) is 15.0 Å². The first-order valence-electron chi connectivity index (χ1n) is 14.6. The van der Waals surface area contributed by atoms with E-state index in [-0.39, 0.29) is 31.6 Å². The molecular weight excluding hydrogens is 546 g/mol. The van der Waals surface area contributed by atoms with Gasteiger partial charge in [-0.3, -0.25) is 0 Å². The van der Waals surface area contributed by atoms with E-state index in [9.17, 15) is 5.11 Å². The summed E-state index contributed by atoms with van der Waals surface area (Å²) in [5, 5.41) is 10.9. The molecule has 4 aliphatic rings. The summed E-state index contributed by atoms with van der Waals surface area (Å²) in [6.45, 7) is 9.50. The summed E-state index contributed by atoms with van der Waals surface area (Å²) in [5.41, 5.74) is 0.856. The molecule has 0 bridgehead atoms. The number of nitrogens with zero attached hydrogens (tertiary/aromatic N) is 5. The Morgan fingerprint density at radius 3 is 2.76 bits per heavy atom. The molecule has 2 aromatic heterocycles. The van der Waals surface area contributed by atoms with Crippen molar-refractivity contribution >= 4 is 23.4 Å². The van der Waals surface area contributed by atoms with Gasteiger partial charge in [0.25, 0.3) is 0 Å². The number of fused-ring (bicyclic) bond motifs is 3. The van der Waals surface area contributed by atoms with Crippen molar-refractivity contribution in [2.45, 2.75) is 61.8 Å². The normalized spacial score (nSPS) is 26.7. The Kier molecular flexibility index (Phi) is 8.85. The van der Waals surface area contributed by atoms with Crippen LogP contribution in [0, 0.1) is 17.3 Å². The van der Waals surface area contributed by atoms with Gasteiger partial charge in [0.2, 0.25) is 0 Å². The Morgan fingerprint density at radius 2 is 2.00 bits per heavy atom. The fourth-order valence-corrected chi connectivity index (χ4v) is 7.59. The highest BCUT2D eigenvalue weighted by Crippen LogP contribution is 2.47. The highest BCUT2D eigenvalue weighted by molar-refractivity contribution is 7.99. The first-order valence-corrected chi connectivity index (χ1v) is 15.4. The third-order valence-electron chi connectivity index (χ3n) is 9.29. The van der Waals surface area contributed by atoms with E-state index in [1.165, 1.54) is 11.8 Å². The molecule has 4 atom stereocenters. The third kappa shape index (κ3) is 5.87. The lowest BCUT2D eigenvalue weighted by molar-refractivity contribution is -0.124. The minimum absolute atomic E-state index is 0.157. The van der Waals surface area contributed by atoms with Gasteiger partial charge >= 0.3 is 0 Å². The molecule has 0 aromatic carbocycles. The summed E-state index contributed by atoms with van der Waals surface area (Å²) in [5.74, 6) is 3.34. The van der Waals surface area contributed by atoms with Crippen molar-refractivity contribution in [2.75, 3.05) is 70.0 Å². The van der Waals surface area contributed by atoms with E-state index in [0.29, 0.717) is 36.8 Å². The molecule has 1 N–H and O–H groups in total. The fourth-order valence-electron chi connectivity index (χ4n) is 6.73. The van der Waals surface area contributed by atoms with Crippen LogP contribution >= 0.6 is 11.8 Å². The number of pyridine rings is 1. The summed E-state index contributed by atoms with van der Waals surface area (Å²) < 4.78 is 28.1. The van der Waals surface area contributed by atoms with Crippen LogP contribution in [-0.4, -0.2) is 92.4 Å². The molecule has 4 aliphatic heterocycles. The minimum atomic E-state index is -0.157. The van der Waals surface area contributed by atoms with E-state index in [0.717, 1.165) is 72.8 Å². The predicted molar refractivity (Wildman–Crippen MR) is 153 cm³/mol. The van der Waals surface area contributed by atoms with E-state index < -0.39 is 0 Å². The van der Waals surface area contributed by atoms with E-state index >= 15 is 0 Å². The number of ether oxygens (including phenoxy) is 5. The Labute approximate surface area is 245 Å². The Bertz CT molecular complexity index is 1200. The number of aliphatic hydroxyl groups excluding tert-OH is 1. The molecule has 6 rings (SSSR count). The van der Waals surface area contributed by atoms with Crippen molar-refractivity contribution in [1.29, 1.82) is 0 Å². The van der Waals surface area contributed by atoms with Crippen LogP contribution in [0.1, 0.15) is 38.8 Å². The smallest absolute Gasteiger partial charge is 0.175 e. The number of anilines is 2. The van der Waals surface area contributed by atoms with E-state index in [4.69, 9.17) is 33.7 Å². The van der Waals surface area contributed by atoms with Crippen LogP contribution in [-0.2, 0) is 25.6 Å². The first-order chi connectivity index (χ1) is 20.0. The van der Waals surface area contributed by atoms with Crippen molar-refractivity contribution in [1.82, 2.24) is 15.0 Å². The Balaban J connectivity index is 1.11. The number of piperidine rings is 1. The van der Waals surface area contributed by atoms with E-state index in [2.05, 4.69) is 28.6 Å². The van der Waals surface area contributed by atoms with Crippen LogP contribution in [0.3, 0.4) is 0 Å². The Hall–Kier alpha value is -2.22. The first kappa shape index (κ1) is 28.9. The summed E-state index contributed by atoms with van der Waals surface area (Å²) >= 11 is 1.49. The van der Waals surface area contributed by atoms with Crippen LogP contribution in [0.25, 0.3) is 0 Å². The summed E-state index contributed by atoms with van der Waals surface area (Å²) in [7, 11) is 1.59. The monoisotopic (exact) mass is 587 g/mol. The molecular formula is C29H41N5O6S. The summed E-state index contributed by atoms with van der Waals surface area (Å²) in [6.07, 6.45) is 7.05. The maximum atomic E-state index is 10.2. The molecule has 0 saturated carbocycles. The average Bonchev–Trinajstić information content (AvgIpc) is 3.54. The molecule has 224 valence electrons. The molecule has 1 spiro atoms. The molecule has 0 amide bonds. The van der Waals surface area contributed by atoms with Crippen LogP contribution in [0.2, 0.25) is 0 Å². The maximum Gasteiger partial charge on any atom is 0.175 e. The highest BCUT2D eigenvalue weighted by Gasteiger charge is 2.47. The zero-order valence-electron chi connectivity index (χ0n) is 24.2. The van der Waals surface area contributed by atoms with E-state index in [1.54, 1.807) is 13.3 Å². The maximum absolute atomic E-state index is 10.2. The van der Waals surface area contributed by atoms with Gasteiger partial charge in [0.1, 0.15) is 30.9 Å². The van der Waals surface area contributed by atoms with Crippen molar-refractivity contribution < 1.29 is 28.8 Å². The van der Waals surface area contributed by atoms with E-state index in [1.807, 2.05) is 12.3 Å². The van der Waals surface area contributed by atoms with Gasteiger partial charge < -0.3 is 38.6 Å². The van der Waals surface area contributed by atoms with Crippen molar-refractivity contribution in [3.63, 3.8) is 0 Å². The quantitative estimate of drug-likeness (QED) is 0.325. The molecule has 12 heteroatoms. The summed E-state index contributed by atoms with van der Waals surface area (Å²) in [4.78, 5) is 19.8. The van der Waals surface area contributed by atoms with Crippen LogP contribution < -0.4 is 14.5 Å². The number of rotatable bonds is 10. The Morgan fingerprint density at radius 1 is 1.15 bits per heavy atom. The molecule has 3 fully saturated rings. The minimum Gasteiger partial charge on any atom is -0.486 e. The number of methoxy groups -OCH3 is 1. The lowest BCUT2D eigenvalue weighted by Gasteiger charge is -2.42. The summed E-state index contributed by atoms with van der Waals surface area (Å²) in [6, 6.07) is 2.23. The predicted octanol–water partition coefficient (Wildman–Crippen LogP) is 3.34. The highest BCUT2D eigenvalue weighted by atomic mass is 32.2. The van der Waals surface area contributed by atoms with Crippen molar-refractivity contribution in [2.24, 2.45) is 17.3 Å². The molecule has 0 aliphatic carbocycles. The second-order valence-corrected chi connectivity index (χ2v) is 12.7. The molecule has 2 aromatic rings. The molecule has 6 heterocycles. The largest absolute Gasteiger partial charge is 0.486 e. The molecule has 3 saturated heterocycles. The number of hydrogen-bond donors (Lipinski definition) is 1. The lowest BCUT2D eigenvalue weighted by Crippen LogP contribution is -2.44. The van der Waals surface area contributed by atoms with Crippen LogP contribution in [0.4, 0.5) is 11.6 Å². The van der Waals surface area contributed by atoms with Gasteiger partial charge in [0.15, 0.2) is 17.4 Å². The fraction of sp³-hybridized carbons (Fsp3) is 0.690. The van der Waals surface area contributed by atoms with Gasteiger partial charge in [-0.15, -0.1) is 0 Å². The zero-order chi connectivity index (χ0) is 28.4. The molecule has 0 radical (unpaired) electrons. The molecule has 11 nitrogen and oxygen atoms in total. The van der Waals surface area contributed by atoms with Gasteiger partial charge in [-0.2, -0.15) is 0 Å². The number of hydrogen-bond acceptors (Lipinski definition) is 12. The third-order valence-corrected chi connectivity index (χ3v) is 10.2. The van der Waals surface area contributed by atoms with Gasteiger partial charge in [-0.05, 0) is 38.2 Å². The second-order valence-electron chi connectivity index (χ2n) is 11.7. The van der Waals surface area contributed by atoms with Gasteiger partial charge in [0.05, 0.1) is 43.1 Å². The van der Waals surface area contributed by atoms with Crippen molar-refractivity contribution in [3.05, 3.63) is 24.2 Å². The van der Waals surface area contributed by atoms with Gasteiger partial charge in [0, 0.05) is 44.3 Å². The van der Waals surface area contributed by atoms with Gasteiger partial charge in [-0.1, -0.05) is 18.7 Å². The zero-order valence-corrected chi connectivity index (χ0v) is 25.0. The SMILES string of the molecule is COCOCOCC1C[C@H]2COc3c(Sc4cnc(N5CCC6(CC5)CO[C@@H](C)[C@H]6C)c(CO)n4)ccnc3N2C1. The average molecular weight is 588 g/mol. The van der Waals surface area contributed by atoms with Crippen molar-refractivity contribution in [3.8, 4) is 5.75 Å².